The number of anilines is 3. The highest BCUT2D eigenvalue weighted by Crippen LogP contribution is 2.30. The van der Waals surface area contributed by atoms with Gasteiger partial charge < -0.3 is 20.5 Å². The number of hydrogen-bond acceptors (Lipinski definition) is 6. The Hall–Kier alpha value is -4.03. The molecule has 0 aliphatic carbocycles. The molecule has 13 heteroatoms. The molecule has 0 aliphatic rings. The molecule has 32 heavy (non-hydrogen) atoms. The molecule has 0 atom stereocenters. The number of halogens is 6. The summed E-state index contributed by atoms with van der Waals surface area (Å²) in [5, 5.41) is 13.5. The Morgan fingerprint density at radius 3 is 2.34 bits per heavy atom. The summed E-state index contributed by atoms with van der Waals surface area (Å²) in [5.74, 6) is -6.10. The Kier molecular flexibility index (Phi) is 6.37. The Morgan fingerprint density at radius 1 is 1.03 bits per heavy atom. The van der Waals surface area contributed by atoms with E-state index in [9.17, 15) is 31.1 Å². The van der Waals surface area contributed by atoms with Gasteiger partial charge in [-0.1, -0.05) is 12.1 Å². The van der Waals surface area contributed by atoms with Crippen molar-refractivity contribution < 1.29 is 41.0 Å². The Balaban J connectivity index is 2.02. The first-order valence-electron chi connectivity index (χ1n) is 8.62. The summed E-state index contributed by atoms with van der Waals surface area (Å²) >= 11 is 0. The van der Waals surface area contributed by atoms with Crippen LogP contribution < -0.4 is 15.4 Å². The van der Waals surface area contributed by atoms with Crippen molar-refractivity contribution in [2.24, 2.45) is 0 Å². The van der Waals surface area contributed by atoms with E-state index in [2.05, 4.69) is 25.3 Å². The first-order valence-corrected chi connectivity index (χ1v) is 8.62. The van der Waals surface area contributed by atoms with Crippen molar-refractivity contribution >= 4 is 23.4 Å². The lowest BCUT2D eigenvalue weighted by molar-refractivity contribution is -0.274. The number of aromatic nitrogens is 2. The minimum absolute atomic E-state index is 0.0362. The highest BCUT2D eigenvalue weighted by Gasteiger charge is 2.31. The van der Waals surface area contributed by atoms with Crippen LogP contribution in [0.15, 0.2) is 42.5 Å². The zero-order chi connectivity index (χ0) is 23.5. The molecule has 0 saturated carbocycles. The van der Waals surface area contributed by atoms with E-state index in [1.54, 1.807) is 0 Å². The smallest absolute Gasteiger partial charge is 0.480 e. The standard InChI is InChI=1S/C19H12F6N4O3/c20-10-5-12(21)17(13(22)6-10)28-15-7-14(27-18(29-15)26-8-16(30)31)9-2-1-3-11(4-9)32-19(23,24)25/h1-7H,8H2,(H,30,31)(H2,26,27,28,29). The highest BCUT2D eigenvalue weighted by molar-refractivity contribution is 5.73. The van der Waals surface area contributed by atoms with Crippen molar-refractivity contribution in [1.29, 1.82) is 0 Å². The molecule has 2 aromatic carbocycles. The second kappa shape index (κ2) is 8.99. The monoisotopic (exact) mass is 458 g/mol. The summed E-state index contributed by atoms with van der Waals surface area (Å²) in [6.45, 7) is -0.626. The fraction of sp³-hybridized carbons (Fsp3) is 0.105. The number of carboxylic acids is 1. The van der Waals surface area contributed by atoms with Crippen molar-refractivity contribution in [3.05, 3.63) is 59.9 Å². The van der Waals surface area contributed by atoms with Gasteiger partial charge in [0.1, 0.15) is 29.6 Å². The fourth-order valence-electron chi connectivity index (χ4n) is 2.54. The van der Waals surface area contributed by atoms with Crippen molar-refractivity contribution in [1.82, 2.24) is 9.97 Å². The van der Waals surface area contributed by atoms with Gasteiger partial charge in [-0.05, 0) is 12.1 Å². The van der Waals surface area contributed by atoms with E-state index in [0.29, 0.717) is 12.1 Å². The number of alkyl halides is 3. The zero-order valence-electron chi connectivity index (χ0n) is 15.7. The first kappa shape index (κ1) is 22.7. The van der Waals surface area contributed by atoms with Gasteiger partial charge in [0.2, 0.25) is 5.95 Å². The lowest BCUT2D eigenvalue weighted by Crippen LogP contribution is -2.17. The van der Waals surface area contributed by atoms with Gasteiger partial charge >= 0.3 is 12.3 Å². The second-order valence-corrected chi connectivity index (χ2v) is 6.15. The lowest BCUT2D eigenvalue weighted by atomic mass is 10.1. The third-order valence-corrected chi connectivity index (χ3v) is 3.75. The number of rotatable bonds is 7. The molecule has 0 radical (unpaired) electrons. The Labute approximate surface area is 175 Å². The van der Waals surface area contributed by atoms with E-state index in [1.807, 2.05) is 0 Å². The molecule has 7 nitrogen and oxygen atoms in total. The van der Waals surface area contributed by atoms with Gasteiger partial charge in [-0.2, -0.15) is 4.98 Å². The summed E-state index contributed by atoms with van der Waals surface area (Å²) in [6, 6.07) is 6.65. The molecule has 0 aliphatic heterocycles. The van der Waals surface area contributed by atoms with Crippen LogP contribution in [0.4, 0.5) is 43.8 Å². The van der Waals surface area contributed by atoms with Gasteiger partial charge in [-0.25, -0.2) is 18.2 Å². The Bertz CT molecular complexity index is 1130. The van der Waals surface area contributed by atoms with Crippen molar-refractivity contribution in [2.45, 2.75) is 6.36 Å². The van der Waals surface area contributed by atoms with Crippen molar-refractivity contribution in [3.8, 4) is 17.0 Å². The van der Waals surface area contributed by atoms with Gasteiger partial charge in [-0.3, -0.25) is 4.79 Å². The van der Waals surface area contributed by atoms with Gasteiger partial charge in [0.05, 0.1) is 5.69 Å². The number of aliphatic carboxylic acids is 1. The molecule has 168 valence electrons. The van der Waals surface area contributed by atoms with E-state index in [-0.39, 0.29) is 23.0 Å². The number of nitrogens with zero attached hydrogens (tertiary/aromatic N) is 2. The van der Waals surface area contributed by atoms with Crippen LogP contribution in [0.3, 0.4) is 0 Å². The minimum atomic E-state index is -4.94. The van der Waals surface area contributed by atoms with Crippen LogP contribution in [0, 0.1) is 17.5 Å². The summed E-state index contributed by atoms with van der Waals surface area (Å²) in [6.07, 6.45) is -4.94. The van der Waals surface area contributed by atoms with E-state index >= 15 is 0 Å². The predicted octanol–water partition coefficient (Wildman–Crippen LogP) is 4.70. The van der Waals surface area contributed by atoms with Gasteiger partial charge in [0.25, 0.3) is 0 Å². The predicted molar refractivity (Wildman–Crippen MR) is 99.9 cm³/mol. The topological polar surface area (TPSA) is 96.4 Å². The molecule has 0 saturated heterocycles. The molecule has 3 rings (SSSR count). The highest BCUT2D eigenvalue weighted by atomic mass is 19.4. The average molecular weight is 458 g/mol. The van der Waals surface area contributed by atoms with E-state index in [1.165, 1.54) is 12.1 Å². The molecule has 0 fully saturated rings. The summed E-state index contributed by atoms with van der Waals surface area (Å²) < 4.78 is 82.5. The average Bonchev–Trinajstić information content (AvgIpc) is 2.68. The number of ether oxygens (including phenoxy) is 1. The molecule has 3 N–H and O–H groups in total. The largest absolute Gasteiger partial charge is 0.573 e. The number of carboxylic acid groups (broad SMARTS) is 1. The first-order chi connectivity index (χ1) is 15.0. The van der Waals surface area contributed by atoms with E-state index < -0.39 is 47.8 Å². The summed E-state index contributed by atoms with van der Waals surface area (Å²) in [7, 11) is 0. The second-order valence-electron chi connectivity index (χ2n) is 6.15. The van der Waals surface area contributed by atoms with Crippen molar-refractivity contribution in [3.63, 3.8) is 0 Å². The third-order valence-electron chi connectivity index (χ3n) is 3.75. The number of nitrogens with one attached hydrogen (secondary N) is 2. The number of benzene rings is 2. The van der Waals surface area contributed by atoms with Gasteiger partial charge in [0.15, 0.2) is 11.6 Å². The molecule has 1 heterocycles. The van der Waals surface area contributed by atoms with Crippen LogP contribution in [0.2, 0.25) is 0 Å². The van der Waals surface area contributed by atoms with Crippen molar-refractivity contribution in [2.75, 3.05) is 17.2 Å². The Morgan fingerprint density at radius 2 is 1.72 bits per heavy atom. The van der Waals surface area contributed by atoms with Gasteiger partial charge in [0, 0.05) is 23.8 Å². The molecule has 3 aromatic rings. The third kappa shape index (κ3) is 6.00. The summed E-state index contributed by atoms with van der Waals surface area (Å²) in [5.41, 5.74) is -0.698. The lowest BCUT2D eigenvalue weighted by Gasteiger charge is -2.13. The molecule has 0 unspecified atom stereocenters. The maximum atomic E-state index is 14.0. The van der Waals surface area contributed by atoms with Crippen LogP contribution in [-0.2, 0) is 4.79 Å². The van der Waals surface area contributed by atoms with Gasteiger partial charge in [-0.15, -0.1) is 13.2 Å². The van der Waals surface area contributed by atoms with Crippen LogP contribution in [0.1, 0.15) is 0 Å². The van der Waals surface area contributed by atoms with Crippen LogP contribution in [0.25, 0.3) is 11.3 Å². The molecule has 0 amide bonds. The number of carbonyl (C=O) groups is 1. The maximum Gasteiger partial charge on any atom is 0.573 e. The van der Waals surface area contributed by atoms with E-state index in [4.69, 9.17) is 5.11 Å². The SMILES string of the molecule is O=C(O)CNc1nc(Nc2c(F)cc(F)cc2F)cc(-c2cccc(OC(F)(F)F)c2)n1. The quantitative estimate of drug-likeness (QED) is 0.442. The molecule has 1 aromatic heterocycles. The zero-order valence-corrected chi connectivity index (χ0v) is 15.7. The number of hydrogen-bond donors (Lipinski definition) is 3. The van der Waals surface area contributed by atoms with Crippen LogP contribution in [-0.4, -0.2) is 34.0 Å². The fourth-order valence-corrected chi connectivity index (χ4v) is 2.54. The molecule has 0 spiro atoms. The minimum Gasteiger partial charge on any atom is -0.480 e. The maximum absolute atomic E-state index is 14.0. The normalized spacial score (nSPS) is 11.2. The molecular formula is C19H12F6N4O3. The van der Waals surface area contributed by atoms with Crippen LogP contribution >= 0.6 is 0 Å². The summed E-state index contributed by atoms with van der Waals surface area (Å²) in [4.78, 5) is 18.7. The molecular weight excluding hydrogens is 446 g/mol. The van der Waals surface area contributed by atoms with E-state index in [0.717, 1.165) is 18.2 Å². The van der Waals surface area contributed by atoms with Crippen LogP contribution in [0.5, 0.6) is 5.75 Å². The molecule has 0 bridgehead atoms.